The number of nitrogens with one attached hydrogen (secondary N) is 3. The predicted molar refractivity (Wildman–Crippen MR) is 125 cm³/mol. The second-order valence-corrected chi connectivity index (χ2v) is 11.6. The van der Waals surface area contributed by atoms with Crippen LogP contribution < -0.4 is 10.6 Å². The van der Waals surface area contributed by atoms with Crippen LogP contribution in [0.5, 0.6) is 0 Å². The Morgan fingerprint density at radius 2 is 1.77 bits per heavy atom. The molecule has 0 radical (unpaired) electrons. The summed E-state index contributed by atoms with van der Waals surface area (Å²) < 4.78 is 29.1. The van der Waals surface area contributed by atoms with Crippen LogP contribution in [0.4, 0.5) is 5.69 Å². The third-order valence-corrected chi connectivity index (χ3v) is 8.62. The number of H-pyrrole nitrogens is 1. The van der Waals surface area contributed by atoms with E-state index in [1.807, 2.05) is 0 Å². The lowest BCUT2D eigenvalue weighted by Gasteiger charge is -2.27. The summed E-state index contributed by atoms with van der Waals surface area (Å²) in [4.78, 5) is 6.02. The smallest absolute Gasteiger partial charge is 0.152 e. The first-order chi connectivity index (χ1) is 15.1. The number of hydrogen-bond donors (Lipinski definition) is 3. The van der Waals surface area contributed by atoms with Gasteiger partial charge in [0.05, 0.1) is 22.7 Å². The van der Waals surface area contributed by atoms with E-state index in [-0.39, 0.29) is 11.5 Å². The first-order valence-electron chi connectivity index (χ1n) is 11.7. The van der Waals surface area contributed by atoms with Crippen molar-refractivity contribution >= 4 is 26.4 Å². The molecule has 3 N–H and O–H groups in total. The van der Waals surface area contributed by atoms with Gasteiger partial charge in [-0.1, -0.05) is 0 Å². The van der Waals surface area contributed by atoms with Crippen LogP contribution in [0.1, 0.15) is 42.9 Å². The van der Waals surface area contributed by atoms with Crippen LogP contribution in [-0.2, 0) is 21.1 Å². The molecule has 0 spiro atoms. The minimum absolute atomic E-state index is 0.270. The molecule has 3 aliphatic rings. The molecule has 7 nitrogen and oxygen atoms in total. The molecule has 3 fully saturated rings. The second-order valence-electron chi connectivity index (χ2n) is 9.32. The fourth-order valence-electron chi connectivity index (χ4n) is 5.11. The highest BCUT2D eigenvalue weighted by molar-refractivity contribution is 7.91. The van der Waals surface area contributed by atoms with E-state index in [1.54, 1.807) is 0 Å². The summed E-state index contributed by atoms with van der Waals surface area (Å²) in [6.45, 7) is 5.82. The number of hydrogen-bond acceptors (Lipinski definition) is 6. The lowest BCUT2D eigenvalue weighted by atomic mass is 9.95. The largest absolute Gasteiger partial charge is 0.381 e. The second kappa shape index (κ2) is 9.10. The molecule has 0 amide bonds. The van der Waals surface area contributed by atoms with Crippen molar-refractivity contribution in [3.05, 3.63) is 29.5 Å². The number of benzene rings is 1. The molecular weight excluding hydrogens is 412 g/mol. The zero-order chi connectivity index (χ0) is 21.3. The highest BCUT2D eigenvalue weighted by atomic mass is 32.2. The number of rotatable bonds is 5. The van der Waals surface area contributed by atoms with Gasteiger partial charge in [-0.15, -0.1) is 0 Å². The molecule has 3 saturated heterocycles. The number of nitrogens with zero attached hydrogens (tertiary/aromatic N) is 1. The maximum atomic E-state index is 11.8. The predicted octanol–water partition coefficient (Wildman–Crippen LogP) is 2.46. The molecular formula is C23H34N4O3S. The standard InChI is InChI=1S/C23H34N4O3S/c28-31(29)11-7-27(8-12-31)16-17-13-19-15-21(18-1-5-24-6-2-18)26-23(19)22(14-17)25-20-3-9-30-10-4-20/h13-15,18,20,24-26H,1-12,16H2. The molecule has 0 aliphatic carbocycles. The van der Waals surface area contributed by atoms with Gasteiger partial charge in [0.1, 0.15) is 0 Å². The SMILES string of the molecule is O=S1(=O)CCN(Cc2cc(NC3CCOCC3)c3[nH]c(C4CCNCC4)cc3c2)CC1. The zero-order valence-corrected chi connectivity index (χ0v) is 19.0. The van der Waals surface area contributed by atoms with Gasteiger partial charge in [-0.05, 0) is 62.5 Å². The molecule has 0 atom stereocenters. The van der Waals surface area contributed by atoms with Crippen LogP contribution in [0.2, 0.25) is 0 Å². The van der Waals surface area contributed by atoms with Crippen LogP contribution in [0.25, 0.3) is 10.9 Å². The number of sulfone groups is 1. The first kappa shape index (κ1) is 21.2. The minimum atomic E-state index is -2.86. The minimum Gasteiger partial charge on any atom is -0.381 e. The molecule has 0 saturated carbocycles. The molecule has 8 heteroatoms. The van der Waals surface area contributed by atoms with Gasteiger partial charge in [-0.3, -0.25) is 4.90 Å². The van der Waals surface area contributed by atoms with Crippen molar-refractivity contribution in [1.29, 1.82) is 0 Å². The molecule has 1 aromatic heterocycles. The van der Waals surface area contributed by atoms with Gasteiger partial charge in [-0.25, -0.2) is 8.42 Å². The van der Waals surface area contributed by atoms with Crippen LogP contribution in [0.3, 0.4) is 0 Å². The van der Waals surface area contributed by atoms with Crippen molar-refractivity contribution in [1.82, 2.24) is 15.2 Å². The molecule has 0 bridgehead atoms. The van der Waals surface area contributed by atoms with Crippen LogP contribution in [0, 0.1) is 0 Å². The maximum absolute atomic E-state index is 11.8. The Labute approximate surface area is 184 Å². The Morgan fingerprint density at radius 3 is 2.52 bits per heavy atom. The topological polar surface area (TPSA) is 86.5 Å². The van der Waals surface area contributed by atoms with E-state index in [0.29, 0.717) is 25.0 Å². The summed E-state index contributed by atoms with van der Waals surface area (Å²) in [5, 5.41) is 8.51. The van der Waals surface area contributed by atoms with Crippen molar-refractivity contribution in [2.75, 3.05) is 56.2 Å². The van der Waals surface area contributed by atoms with E-state index in [0.717, 1.165) is 45.7 Å². The van der Waals surface area contributed by atoms with Gasteiger partial charge in [0.15, 0.2) is 9.84 Å². The van der Waals surface area contributed by atoms with Crippen molar-refractivity contribution in [3.63, 3.8) is 0 Å². The number of aromatic nitrogens is 1. The molecule has 0 unspecified atom stereocenters. The summed E-state index contributed by atoms with van der Waals surface area (Å²) in [6.07, 6.45) is 4.39. The lowest BCUT2D eigenvalue weighted by Crippen LogP contribution is -2.39. The third-order valence-electron chi connectivity index (χ3n) is 7.01. The van der Waals surface area contributed by atoms with Gasteiger partial charge in [-0.2, -0.15) is 0 Å². The number of anilines is 1. The fraction of sp³-hybridized carbons (Fsp3) is 0.652. The number of piperidine rings is 1. The van der Waals surface area contributed by atoms with E-state index < -0.39 is 9.84 Å². The Hall–Kier alpha value is -1.61. The Balaban J connectivity index is 1.42. The fourth-order valence-corrected chi connectivity index (χ4v) is 6.39. The van der Waals surface area contributed by atoms with Crippen molar-refractivity contribution in [3.8, 4) is 0 Å². The van der Waals surface area contributed by atoms with Crippen LogP contribution in [-0.4, -0.2) is 75.2 Å². The number of aromatic amines is 1. The molecule has 170 valence electrons. The van der Waals surface area contributed by atoms with E-state index in [2.05, 4.69) is 38.7 Å². The number of fused-ring (bicyclic) bond motifs is 1. The highest BCUT2D eigenvalue weighted by Gasteiger charge is 2.23. The van der Waals surface area contributed by atoms with Gasteiger partial charge in [0.2, 0.25) is 0 Å². The van der Waals surface area contributed by atoms with Crippen molar-refractivity contribution in [2.24, 2.45) is 0 Å². The Bertz CT molecular complexity index is 993. The van der Waals surface area contributed by atoms with Gasteiger partial charge >= 0.3 is 0 Å². The van der Waals surface area contributed by atoms with E-state index >= 15 is 0 Å². The summed E-state index contributed by atoms with van der Waals surface area (Å²) >= 11 is 0. The maximum Gasteiger partial charge on any atom is 0.152 e. The summed E-state index contributed by atoms with van der Waals surface area (Å²) in [6, 6.07) is 7.32. The van der Waals surface area contributed by atoms with E-state index in [4.69, 9.17) is 4.74 Å². The normalized spacial score (nSPS) is 23.9. The van der Waals surface area contributed by atoms with E-state index in [1.165, 1.54) is 40.7 Å². The Morgan fingerprint density at radius 1 is 1.03 bits per heavy atom. The van der Waals surface area contributed by atoms with Crippen LogP contribution in [0.15, 0.2) is 18.2 Å². The third kappa shape index (κ3) is 5.08. The molecule has 3 aliphatic heterocycles. The van der Waals surface area contributed by atoms with Crippen molar-refractivity contribution in [2.45, 2.75) is 44.2 Å². The monoisotopic (exact) mass is 446 g/mol. The highest BCUT2D eigenvalue weighted by Crippen LogP contribution is 2.33. The van der Waals surface area contributed by atoms with Crippen molar-refractivity contribution < 1.29 is 13.2 Å². The zero-order valence-electron chi connectivity index (χ0n) is 18.2. The average molecular weight is 447 g/mol. The van der Waals surface area contributed by atoms with Crippen LogP contribution >= 0.6 is 0 Å². The molecule has 2 aromatic rings. The summed E-state index contributed by atoms with van der Waals surface area (Å²) in [5.74, 6) is 1.12. The molecule has 4 heterocycles. The number of ether oxygens (including phenoxy) is 1. The summed E-state index contributed by atoms with van der Waals surface area (Å²) in [7, 11) is -2.86. The lowest BCUT2D eigenvalue weighted by molar-refractivity contribution is 0.0905. The molecule has 5 rings (SSSR count). The quantitative estimate of drug-likeness (QED) is 0.654. The average Bonchev–Trinajstić information content (AvgIpc) is 3.21. The van der Waals surface area contributed by atoms with E-state index in [9.17, 15) is 8.42 Å². The first-order valence-corrected chi connectivity index (χ1v) is 13.5. The summed E-state index contributed by atoms with van der Waals surface area (Å²) in [5.41, 5.74) is 4.96. The Kier molecular flexibility index (Phi) is 6.23. The molecule has 1 aromatic carbocycles. The van der Waals surface area contributed by atoms with Gasteiger partial charge < -0.3 is 20.4 Å². The molecule has 31 heavy (non-hydrogen) atoms. The van der Waals surface area contributed by atoms with Gasteiger partial charge in [0, 0.05) is 55.9 Å². The van der Waals surface area contributed by atoms with Gasteiger partial charge in [0.25, 0.3) is 0 Å².